The summed E-state index contributed by atoms with van der Waals surface area (Å²) < 4.78 is 1.50. The van der Waals surface area contributed by atoms with Gasteiger partial charge in [-0.3, -0.25) is 9.59 Å². The summed E-state index contributed by atoms with van der Waals surface area (Å²) >= 11 is 2.03. The highest BCUT2D eigenvalue weighted by Gasteiger charge is 2.16. The first-order valence-corrected chi connectivity index (χ1v) is 12.7. The Kier molecular flexibility index (Phi) is 9.92. The number of hydrogen-bond donors (Lipinski definition) is 5. The molecule has 0 aromatic carbocycles. The molecule has 1 saturated heterocycles. The van der Waals surface area contributed by atoms with Crippen LogP contribution in [0.2, 0.25) is 0 Å². The second kappa shape index (κ2) is 13.1. The molecule has 0 atom stereocenters. The number of H-pyrrole nitrogens is 1. The predicted octanol–water partition coefficient (Wildman–Crippen LogP) is 2.20. The molecular formula is C23H33N7O3S. The maximum atomic E-state index is 11.7. The maximum Gasteiger partial charge on any atom is 0.271 e. The molecule has 11 heteroatoms. The number of carbonyl (C=O) groups is 1. The maximum absolute atomic E-state index is 11.7. The number of aliphatic hydroxyl groups excluding tert-OH is 1. The van der Waals surface area contributed by atoms with Gasteiger partial charge >= 0.3 is 0 Å². The van der Waals surface area contributed by atoms with E-state index >= 15 is 0 Å². The zero-order chi connectivity index (χ0) is 24.3. The van der Waals surface area contributed by atoms with Crippen LogP contribution in [0.3, 0.4) is 0 Å². The largest absolute Gasteiger partial charge is 0.393 e. The van der Waals surface area contributed by atoms with Crippen LogP contribution >= 0.6 is 11.8 Å². The Balaban J connectivity index is 0.000000202. The van der Waals surface area contributed by atoms with Crippen molar-refractivity contribution in [1.82, 2.24) is 24.9 Å². The zero-order valence-electron chi connectivity index (χ0n) is 19.4. The minimum atomic E-state index is -0.540. The monoisotopic (exact) mass is 487 g/mol. The summed E-state index contributed by atoms with van der Waals surface area (Å²) in [5.41, 5.74) is 7.01. The number of aryl methyl sites for hydroxylation is 1. The number of anilines is 2. The molecular weight excluding hydrogens is 454 g/mol. The number of aromatic amines is 1. The van der Waals surface area contributed by atoms with E-state index in [0.29, 0.717) is 28.1 Å². The van der Waals surface area contributed by atoms with Crippen LogP contribution in [0.15, 0.2) is 35.6 Å². The van der Waals surface area contributed by atoms with E-state index in [-0.39, 0.29) is 11.7 Å². The van der Waals surface area contributed by atoms with Gasteiger partial charge in [0.2, 0.25) is 0 Å². The summed E-state index contributed by atoms with van der Waals surface area (Å²) in [7, 11) is 0. The number of hydrogen-bond acceptors (Lipinski definition) is 8. The Bertz CT molecular complexity index is 1110. The van der Waals surface area contributed by atoms with Crippen LogP contribution < -0.4 is 21.9 Å². The van der Waals surface area contributed by atoms with Crippen LogP contribution in [0.4, 0.5) is 11.5 Å². The van der Waals surface area contributed by atoms with E-state index in [4.69, 9.17) is 10.8 Å². The van der Waals surface area contributed by atoms with Crippen LogP contribution in [-0.2, 0) is 0 Å². The molecule has 1 amide bonds. The molecule has 1 aliphatic carbocycles. The lowest BCUT2D eigenvalue weighted by Crippen LogP contribution is -2.24. The molecule has 10 nitrogen and oxygen atoms in total. The minimum Gasteiger partial charge on any atom is -0.393 e. The molecule has 5 rings (SSSR count). The molecule has 1 saturated carbocycles. The number of carbonyl (C=O) groups excluding carboxylic acids is 1. The summed E-state index contributed by atoms with van der Waals surface area (Å²) in [5, 5.41) is 19.2. The molecule has 0 bridgehead atoms. The smallest absolute Gasteiger partial charge is 0.271 e. The van der Waals surface area contributed by atoms with Crippen molar-refractivity contribution >= 4 is 34.7 Å². The second-order valence-electron chi connectivity index (χ2n) is 8.13. The molecule has 3 aromatic heterocycles. The van der Waals surface area contributed by atoms with Crippen molar-refractivity contribution < 1.29 is 9.90 Å². The topological polar surface area (TPSA) is 150 Å². The number of pyridine rings is 1. The number of nitrogens with two attached hydrogens (primary N) is 1. The standard InChI is InChI=1S/C13H12N6O2.C6H12O.C4H9NS/c1-7-8(11(14)20)5-19-10(7)12(16-6-17-19)18-9-3-2-4-15-13(9)21;7-6-4-2-1-3-5-6;1-3-6-4-2-5-1/h2-6H,1H3,(H2,14,20)(H,15,21)(H,16,17,18);6-7H,1-5H2;5H,1-4H2. The van der Waals surface area contributed by atoms with Gasteiger partial charge in [0.15, 0.2) is 5.82 Å². The van der Waals surface area contributed by atoms with Gasteiger partial charge in [-0.15, -0.1) is 0 Å². The molecule has 0 unspecified atom stereocenters. The number of rotatable bonds is 3. The molecule has 2 fully saturated rings. The molecule has 6 N–H and O–H groups in total. The number of primary amides is 1. The summed E-state index contributed by atoms with van der Waals surface area (Å²) in [6.07, 6.45) is 10.3. The van der Waals surface area contributed by atoms with Crippen LogP contribution in [-0.4, -0.2) is 61.3 Å². The van der Waals surface area contributed by atoms with E-state index in [0.717, 1.165) is 12.8 Å². The molecule has 0 spiro atoms. The lowest BCUT2D eigenvalue weighted by Gasteiger charge is -2.14. The number of aliphatic hydroxyl groups is 1. The van der Waals surface area contributed by atoms with Crippen LogP contribution in [0.5, 0.6) is 0 Å². The highest BCUT2D eigenvalue weighted by atomic mass is 32.2. The molecule has 184 valence electrons. The minimum absolute atomic E-state index is 0.0359. The fraction of sp³-hybridized carbons (Fsp3) is 0.478. The van der Waals surface area contributed by atoms with Gasteiger partial charge < -0.3 is 26.5 Å². The van der Waals surface area contributed by atoms with Crippen LogP contribution in [0, 0.1) is 6.92 Å². The number of fused-ring (bicyclic) bond motifs is 1. The molecule has 4 heterocycles. The highest BCUT2D eigenvalue weighted by molar-refractivity contribution is 7.99. The summed E-state index contributed by atoms with van der Waals surface area (Å²) in [6, 6.07) is 3.33. The first kappa shape index (κ1) is 25.7. The fourth-order valence-corrected chi connectivity index (χ4v) is 4.53. The number of thioether (sulfide) groups is 1. The van der Waals surface area contributed by atoms with Gasteiger partial charge in [-0.25, -0.2) is 9.50 Å². The fourth-order valence-electron chi connectivity index (χ4n) is 3.74. The summed E-state index contributed by atoms with van der Waals surface area (Å²) in [5.74, 6) is 2.49. The number of amides is 1. The molecule has 1 aliphatic heterocycles. The van der Waals surface area contributed by atoms with E-state index in [9.17, 15) is 9.59 Å². The normalized spacial score (nSPS) is 16.1. The SMILES string of the molecule is C1CSCCN1.Cc1c(C(N)=O)cn2ncnc(Nc3ccc[nH]c3=O)c12.OC1CCCCC1. The Hall–Kier alpha value is -2.89. The quantitative estimate of drug-likeness (QED) is 0.377. The Morgan fingerprint density at radius 3 is 2.53 bits per heavy atom. The van der Waals surface area contributed by atoms with E-state index in [2.05, 4.69) is 25.7 Å². The van der Waals surface area contributed by atoms with Gasteiger partial charge in [0.1, 0.15) is 17.5 Å². The van der Waals surface area contributed by atoms with E-state index in [1.165, 1.54) is 67.1 Å². The van der Waals surface area contributed by atoms with Gasteiger partial charge in [0.05, 0.1) is 11.7 Å². The van der Waals surface area contributed by atoms with Crippen molar-refractivity contribution in [2.24, 2.45) is 5.73 Å². The Labute approximate surface area is 202 Å². The zero-order valence-corrected chi connectivity index (χ0v) is 20.2. The number of nitrogens with zero attached hydrogens (tertiary/aromatic N) is 3. The lowest BCUT2D eigenvalue weighted by molar-refractivity contribution is 0.0999. The van der Waals surface area contributed by atoms with Crippen molar-refractivity contribution in [3.8, 4) is 0 Å². The van der Waals surface area contributed by atoms with Gasteiger partial charge in [-0.05, 0) is 37.5 Å². The number of aromatic nitrogens is 4. The predicted molar refractivity (Wildman–Crippen MR) is 136 cm³/mol. The first-order valence-electron chi connectivity index (χ1n) is 11.5. The van der Waals surface area contributed by atoms with Crippen molar-refractivity contribution in [2.75, 3.05) is 29.9 Å². The molecule has 34 heavy (non-hydrogen) atoms. The highest BCUT2D eigenvalue weighted by Crippen LogP contribution is 2.23. The average molecular weight is 488 g/mol. The molecule has 2 aliphatic rings. The van der Waals surface area contributed by atoms with Gasteiger partial charge in [0, 0.05) is 37.0 Å². The van der Waals surface area contributed by atoms with Crippen LogP contribution in [0.1, 0.15) is 48.0 Å². The van der Waals surface area contributed by atoms with Crippen LogP contribution in [0.25, 0.3) is 5.52 Å². The third kappa shape index (κ3) is 7.31. The Morgan fingerprint density at radius 2 is 2.00 bits per heavy atom. The molecule has 0 radical (unpaired) electrons. The van der Waals surface area contributed by atoms with E-state index in [1.54, 1.807) is 19.1 Å². The van der Waals surface area contributed by atoms with E-state index < -0.39 is 5.91 Å². The first-order chi connectivity index (χ1) is 16.5. The van der Waals surface area contributed by atoms with Crippen molar-refractivity contribution in [3.63, 3.8) is 0 Å². The van der Waals surface area contributed by atoms with Crippen molar-refractivity contribution in [3.05, 3.63) is 52.3 Å². The number of nitrogens with one attached hydrogen (secondary N) is 3. The lowest BCUT2D eigenvalue weighted by atomic mass is 9.98. The van der Waals surface area contributed by atoms with Gasteiger partial charge in [-0.2, -0.15) is 16.9 Å². The third-order valence-electron chi connectivity index (χ3n) is 5.58. The van der Waals surface area contributed by atoms with E-state index in [1.807, 2.05) is 11.8 Å². The molecule has 3 aromatic rings. The Morgan fingerprint density at radius 1 is 1.26 bits per heavy atom. The van der Waals surface area contributed by atoms with Crippen molar-refractivity contribution in [2.45, 2.75) is 45.1 Å². The van der Waals surface area contributed by atoms with Gasteiger partial charge in [-0.1, -0.05) is 19.3 Å². The third-order valence-corrected chi connectivity index (χ3v) is 6.57. The second-order valence-corrected chi connectivity index (χ2v) is 9.35. The summed E-state index contributed by atoms with van der Waals surface area (Å²) in [4.78, 5) is 29.8. The van der Waals surface area contributed by atoms with Gasteiger partial charge in [0.25, 0.3) is 11.5 Å². The average Bonchev–Trinajstić information content (AvgIpc) is 3.21. The summed E-state index contributed by atoms with van der Waals surface area (Å²) in [6.45, 7) is 4.18. The van der Waals surface area contributed by atoms with Crippen molar-refractivity contribution in [1.29, 1.82) is 0 Å².